The average molecular weight is 534 g/mol. The number of aliphatic carboxylic acids is 2. The van der Waals surface area contributed by atoms with Crippen LogP contribution in [0.1, 0.15) is 89.2 Å². The first-order chi connectivity index (χ1) is 18.0. The highest BCUT2D eigenvalue weighted by Crippen LogP contribution is 2.49. The second kappa shape index (κ2) is 13.5. The van der Waals surface area contributed by atoms with E-state index < -0.39 is 39.1 Å². The van der Waals surface area contributed by atoms with Crippen LogP contribution in [0.25, 0.3) is 0 Å². The average Bonchev–Trinajstić information content (AvgIpc) is 2.83. The van der Waals surface area contributed by atoms with E-state index in [1.807, 2.05) is 0 Å². The molecule has 12 nitrogen and oxygen atoms in total. The Labute approximate surface area is 220 Å². The summed E-state index contributed by atoms with van der Waals surface area (Å²) in [6.07, 6.45) is 7.71. The number of rotatable bonds is 15. The molecule has 1 aliphatic heterocycles. The number of benzene rings is 1. The Morgan fingerprint density at radius 1 is 0.895 bits per heavy atom. The van der Waals surface area contributed by atoms with Gasteiger partial charge in [0.15, 0.2) is 0 Å². The van der Waals surface area contributed by atoms with Gasteiger partial charge in [0, 0.05) is 22.5 Å². The highest BCUT2D eigenvalue weighted by atomic mass is 16.6. The first kappa shape index (κ1) is 30.3. The molecule has 0 saturated heterocycles. The molecule has 0 aliphatic carbocycles. The van der Waals surface area contributed by atoms with Crippen LogP contribution in [0.4, 0.5) is 11.4 Å². The van der Waals surface area contributed by atoms with Crippen LogP contribution in [-0.4, -0.2) is 39.1 Å². The van der Waals surface area contributed by atoms with Crippen molar-refractivity contribution in [2.75, 3.05) is 7.11 Å². The lowest BCUT2D eigenvalue weighted by Crippen LogP contribution is -2.32. The minimum absolute atomic E-state index is 0.0356. The number of ether oxygens (including phenoxy) is 1. The van der Waals surface area contributed by atoms with Crippen LogP contribution in [0.15, 0.2) is 28.6 Å². The van der Waals surface area contributed by atoms with Crippen molar-refractivity contribution in [3.8, 4) is 5.75 Å². The fraction of sp³-hybridized carbons (Fsp3) is 0.538. The number of methoxy groups -OCH3 is 1. The summed E-state index contributed by atoms with van der Waals surface area (Å²) in [5.41, 5.74) is -1.95. The summed E-state index contributed by atoms with van der Waals surface area (Å²) in [6, 6.07) is 0.803. The summed E-state index contributed by atoms with van der Waals surface area (Å²) in [4.78, 5) is 47.1. The van der Waals surface area contributed by atoms with Crippen molar-refractivity contribution < 1.29 is 34.4 Å². The lowest BCUT2D eigenvalue weighted by atomic mass is 9.76. The fourth-order valence-corrected chi connectivity index (χ4v) is 5.06. The lowest BCUT2D eigenvalue weighted by molar-refractivity contribution is -0.395. The molecule has 0 unspecified atom stereocenters. The van der Waals surface area contributed by atoms with Gasteiger partial charge in [0.05, 0.1) is 40.1 Å². The van der Waals surface area contributed by atoms with Gasteiger partial charge in [0.1, 0.15) is 0 Å². The van der Waals surface area contributed by atoms with Crippen LogP contribution < -0.4 is 10.1 Å². The van der Waals surface area contributed by atoms with Crippen molar-refractivity contribution in [3.05, 3.63) is 60.0 Å². The zero-order valence-corrected chi connectivity index (χ0v) is 22.2. The van der Waals surface area contributed by atoms with Gasteiger partial charge < -0.3 is 20.3 Å². The third kappa shape index (κ3) is 6.67. The molecular formula is C26H35N3O9. The molecule has 0 atom stereocenters. The Morgan fingerprint density at radius 3 is 1.79 bits per heavy atom. The highest BCUT2D eigenvalue weighted by molar-refractivity contribution is 5.99. The number of nitrogens with zero attached hydrogens (tertiary/aromatic N) is 2. The van der Waals surface area contributed by atoms with Crippen molar-refractivity contribution in [2.45, 2.75) is 84.5 Å². The molecule has 0 radical (unpaired) electrons. The third-order valence-corrected chi connectivity index (χ3v) is 6.77. The minimum Gasteiger partial charge on any atom is -0.490 e. The molecule has 1 heterocycles. The van der Waals surface area contributed by atoms with E-state index in [9.17, 15) is 40.0 Å². The van der Waals surface area contributed by atoms with Crippen molar-refractivity contribution in [1.29, 1.82) is 0 Å². The van der Waals surface area contributed by atoms with Crippen LogP contribution in [0.3, 0.4) is 0 Å². The first-order valence-corrected chi connectivity index (χ1v) is 12.6. The van der Waals surface area contributed by atoms with Gasteiger partial charge in [-0.05, 0) is 26.7 Å². The first-order valence-electron chi connectivity index (χ1n) is 12.6. The van der Waals surface area contributed by atoms with Gasteiger partial charge in [-0.25, -0.2) is 9.59 Å². The van der Waals surface area contributed by atoms with Crippen molar-refractivity contribution >= 4 is 23.3 Å². The SMILES string of the molecule is CCCCCCCCCCc1c([N+](=O)[O-])cc([N+](=O)[O-])c(OC)c1C1C(C(=O)O)=C(C)NC(C)=C1C(=O)O. The van der Waals surface area contributed by atoms with Gasteiger partial charge in [-0.1, -0.05) is 51.9 Å². The number of allylic oxidation sites excluding steroid dienone is 2. The number of hydrogen-bond donors (Lipinski definition) is 3. The molecule has 12 heteroatoms. The summed E-state index contributed by atoms with van der Waals surface area (Å²) >= 11 is 0. The van der Waals surface area contributed by atoms with Gasteiger partial charge in [-0.3, -0.25) is 20.2 Å². The second-order valence-electron chi connectivity index (χ2n) is 9.33. The Bertz CT molecular complexity index is 1130. The van der Waals surface area contributed by atoms with Crippen LogP contribution >= 0.6 is 0 Å². The number of nitro groups is 2. The maximum atomic E-state index is 12.4. The van der Waals surface area contributed by atoms with E-state index in [-0.39, 0.29) is 45.8 Å². The topological polar surface area (TPSA) is 182 Å². The Morgan fingerprint density at radius 2 is 1.37 bits per heavy atom. The van der Waals surface area contributed by atoms with Gasteiger partial charge in [0.2, 0.25) is 5.75 Å². The van der Waals surface area contributed by atoms with E-state index in [1.54, 1.807) is 0 Å². The quantitative estimate of drug-likeness (QED) is 0.146. The molecule has 0 fully saturated rings. The van der Waals surface area contributed by atoms with E-state index in [1.165, 1.54) is 13.8 Å². The number of dihydropyridines is 1. The highest BCUT2D eigenvalue weighted by Gasteiger charge is 2.43. The molecule has 38 heavy (non-hydrogen) atoms. The molecule has 0 spiro atoms. The molecule has 0 bridgehead atoms. The van der Waals surface area contributed by atoms with Gasteiger partial charge >= 0.3 is 17.6 Å². The molecular weight excluding hydrogens is 498 g/mol. The van der Waals surface area contributed by atoms with Crippen LogP contribution in [0.2, 0.25) is 0 Å². The van der Waals surface area contributed by atoms with E-state index in [0.717, 1.165) is 58.1 Å². The number of carboxylic acids is 2. The third-order valence-electron chi connectivity index (χ3n) is 6.77. The summed E-state index contributed by atoms with van der Waals surface area (Å²) in [5.74, 6) is -4.84. The van der Waals surface area contributed by atoms with Crippen LogP contribution in [0.5, 0.6) is 5.75 Å². The molecule has 3 N–H and O–H groups in total. The number of hydrogen-bond acceptors (Lipinski definition) is 8. The lowest BCUT2D eigenvalue weighted by Gasteiger charge is -2.30. The van der Waals surface area contributed by atoms with Crippen molar-refractivity contribution in [2.24, 2.45) is 0 Å². The zero-order chi connectivity index (χ0) is 28.6. The Hall–Kier alpha value is -3.96. The normalized spacial score (nSPS) is 13.9. The second-order valence-corrected chi connectivity index (χ2v) is 9.33. The fourth-order valence-electron chi connectivity index (χ4n) is 5.06. The summed E-state index contributed by atoms with van der Waals surface area (Å²) in [5, 5.41) is 46.8. The van der Waals surface area contributed by atoms with Gasteiger partial charge in [-0.2, -0.15) is 0 Å². The number of carboxylic acid groups (broad SMARTS) is 2. The maximum Gasteiger partial charge on any atom is 0.334 e. The number of nitrogens with one attached hydrogen (secondary N) is 1. The van der Waals surface area contributed by atoms with Gasteiger partial charge in [-0.15, -0.1) is 0 Å². The molecule has 0 aromatic heterocycles. The minimum atomic E-state index is -1.54. The van der Waals surface area contributed by atoms with E-state index in [2.05, 4.69) is 12.2 Å². The maximum absolute atomic E-state index is 12.4. The zero-order valence-electron chi connectivity index (χ0n) is 22.2. The molecule has 0 saturated carbocycles. The number of carbonyl (C=O) groups is 2. The molecule has 1 aliphatic rings. The largest absolute Gasteiger partial charge is 0.490 e. The molecule has 2 rings (SSSR count). The molecule has 0 amide bonds. The van der Waals surface area contributed by atoms with Crippen LogP contribution in [0, 0.1) is 20.2 Å². The number of unbranched alkanes of at least 4 members (excludes halogenated alkanes) is 7. The van der Waals surface area contributed by atoms with Crippen LogP contribution in [-0.2, 0) is 16.0 Å². The van der Waals surface area contributed by atoms with E-state index >= 15 is 0 Å². The molecule has 208 valence electrons. The van der Waals surface area contributed by atoms with Crippen molar-refractivity contribution in [3.63, 3.8) is 0 Å². The van der Waals surface area contributed by atoms with E-state index in [4.69, 9.17) is 4.74 Å². The smallest absolute Gasteiger partial charge is 0.334 e. The summed E-state index contributed by atoms with van der Waals surface area (Å²) in [6.45, 7) is 5.01. The predicted molar refractivity (Wildman–Crippen MR) is 139 cm³/mol. The number of nitro benzene ring substituents is 2. The molecule has 1 aromatic carbocycles. The Kier molecular flexibility index (Phi) is 10.8. The predicted octanol–water partition coefficient (Wildman–Crippen LogP) is 5.60. The monoisotopic (exact) mass is 533 g/mol. The standard InChI is InChI=1S/C26H35N3O9/c1-5-6-7-8-9-10-11-12-13-17-18(28(34)35)14-19(29(36)37)24(38-4)22(17)23-20(25(30)31)15(2)27-16(3)21(23)26(32)33/h14,23,27H,5-13H2,1-4H3,(H,30,31)(H,32,33). The van der Waals surface area contributed by atoms with E-state index in [0.29, 0.717) is 6.42 Å². The van der Waals surface area contributed by atoms with Gasteiger partial charge in [0.25, 0.3) is 5.69 Å². The Balaban J connectivity index is 2.75. The van der Waals surface area contributed by atoms with Crippen molar-refractivity contribution in [1.82, 2.24) is 5.32 Å². The summed E-state index contributed by atoms with van der Waals surface area (Å²) < 4.78 is 5.36. The molecule has 1 aromatic rings. The summed E-state index contributed by atoms with van der Waals surface area (Å²) in [7, 11) is 1.13.